The number of nitrogens with one attached hydrogen (secondary N) is 1. The van der Waals surface area contributed by atoms with Crippen LogP contribution in [0.25, 0.3) is 16.6 Å². The Hall–Kier alpha value is -3.39. The summed E-state index contributed by atoms with van der Waals surface area (Å²) in [5, 5.41) is 7.95. The summed E-state index contributed by atoms with van der Waals surface area (Å²) < 4.78 is 34.2. The van der Waals surface area contributed by atoms with Crippen LogP contribution in [0.3, 0.4) is 0 Å². The van der Waals surface area contributed by atoms with E-state index in [4.69, 9.17) is 4.74 Å². The second kappa shape index (κ2) is 11.4. The number of carbonyl (C=O) groups excluding carboxylic acids is 1. The highest BCUT2D eigenvalue weighted by Gasteiger charge is 2.23. The maximum Gasteiger partial charge on any atom is 0.251 e. The van der Waals surface area contributed by atoms with Crippen molar-refractivity contribution < 1.29 is 18.3 Å². The Bertz CT molecular complexity index is 1280. The number of hydrogen-bond acceptors (Lipinski definition) is 4. The van der Waals surface area contributed by atoms with Gasteiger partial charge in [0.25, 0.3) is 5.91 Å². The number of hydrogen-bond donors (Lipinski definition) is 1. The van der Waals surface area contributed by atoms with Crippen LogP contribution in [0.2, 0.25) is 0 Å². The number of thioether (sulfide) groups is 1. The smallest absolute Gasteiger partial charge is 0.251 e. The minimum absolute atomic E-state index is 0.307. The number of nitrogens with zero attached hydrogens (tertiary/aromatic N) is 2. The van der Waals surface area contributed by atoms with Gasteiger partial charge in [-0.3, -0.25) is 4.79 Å². The van der Waals surface area contributed by atoms with E-state index in [1.54, 1.807) is 29.9 Å². The molecule has 4 rings (SSSR count). The Morgan fingerprint density at radius 2 is 1.86 bits per heavy atom. The number of benzene rings is 3. The minimum Gasteiger partial charge on any atom is -0.484 e. The van der Waals surface area contributed by atoms with E-state index in [2.05, 4.69) is 17.3 Å². The Morgan fingerprint density at radius 3 is 2.54 bits per heavy atom. The first-order valence-electron chi connectivity index (χ1n) is 11.4. The lowest BCUT2D eigenvalue weighted by Gasteiger charge is -2.26. The van der Waals surface area contributed by atoms with Crippen molar-refractivity contribution in [1.82, 2.24) is 15.1 Å². The number of alkyl halides is 1. The van der Waals surface area contributed by atoms with E-state index in [1.165, 1.54) is 17.7 Å². The lowest BCUT2D eigenvalue weighted by atomic mass is 10.0. The predicted octanol–water partition coefficient (Wildman–Crippen LogP) is 6.01. The molecule has 3 aromatic carbocycles. The van der Waals surface area contributed by atoms with Crippen LogP contribution in [0.5, 0.6) is 5.75 Å². The SMILES string of the molecule is CCSCc1ccc([C@@H](Oc2ccc3c(cnn3-c3ccc(F)cc3)c2)[C@H](C)NC(=O)CF)cc1. The van der Waals surface area contributed by atoms with Crippen LogP contribution in [0, 0.1) is 5.82 Å². The second-order valence-electron chi connectivity index (χ2n) is 8.16. The van der Waals surface area contributed by atoms with Gasteiger partial charge in [0.1, 0.15) is 17.7 Å². The van der Waals surface area contributed by atoms with E-state index in [-0.39, 0.29) is 5.82 Å². The fourth-order valence-electron chi connectivity index (χ4n) is 3.87. The average Bonchev–Trinajstić information content (AvgIpc) is 3.30. The quantitative estimate of drug-likeness (QED) is 0.293. The fourth-order valence-corrected chi connectivity index (χ4v) is 4.50. The predicted molar refractivity (Wildman–Crippen MR) is 136 cm³/mol. The summed E-state index contributed by atoms with van der Waals surface area (Å²) in [5.41, 5.74) is 3.67. The van der Waals surface area contributed by atoms with E-state index >= 15 is 0 Å². The summed E-state index contributed by atoms with van der Waals surface area (Å²) in [5.74, 6) is 1.56. The molecule has 35 heavy (non-hydrogen) atoms. The lowest BCUT2D eigenvalue weighted by molar-refractivity contribution is -0.123. The third-order valence-corrected chi connectivity index (χ3v) is 6.56. The number of ether oxygens (including phenoxy) is 1. The highest BCUT2D eigenvalue weighted by atomic mass is 32.2. The van der Waals surface area contributed by atoms with Gasteiger partial charge in [0.2, 0.25) is 0 Å². The van der Waals surface area contributed by atoms with Crippen LogP contribution in [0.4, 0.5) is 8.78 Å². The zero-order valence-electron chi connectivity index (χ0n) is 19.6. The summed E-state index contributed by atoms with van der Waals surface area (Å²) in [4.78, 5) is 11.7. The third kappa shape index (κ3) is 6.00. The fraction of sp³-hybridized carbons (Fsp3) is 0.259. The highest BCUT2D eigenvalue weighted by Crippen LogP contribution is 2.29. The van der Waals surface area contributed by atoms with E-state index in [0.717, 1.165) is 33.7 Å². The molecule has 0 fully saturated rings. The van der Waals surface area contributed by atoms with Crippen LogP contribution in [-0.2, 0) is 10.5 Å². The van der Waals surface area contributed by atoms with Gasteiger partial charge in [-0.1, -0.05) is 31.2 Å². The van der Waals surface area contributed by atoms with Gasteiger partial charge in [0.15, 0.2) is 6.67 Å². The van der Waals surface area contributed by atoms with E-state index in [9.17, 15) is 13.6 Å². The third-order valence-electron chi connectivity index (χ3n) is 5.62. The first kappa shape index (κ1) is 24.7. The topological polar surface area (TPSA) is 56.1 Å². The normalized spacial score (nSPS) is 12.9. The van der Waals surface area contributed by atoms with Crippen LogP contribution in [0.15, 0.2) is 72.9 Å². The Morgan fingerprint density at radius 1 is 1.11 bits per heavy atom. The van der Waals surface area contributed by atoms with Crippen LogP contribution in [-0.4, -0.2) is 34.2 Å². The first-order valence-corrected chi connectivity index (χ1v) is 12.6. The maximum atomic E-state index is 13.3. The number of fused-ring (bicyclic) bond motifs is 1. The van der Waals surface area contributed by atoms with Gasteiger partial charge in [-0.25, -0.2) is 13.5 Å². The molecule has 1 heterocycles. The summed E-state index contributed by atoms with van der Waals surface area (Å²) in [6.45, 7) is 2.83. The van der Waals surface area contributed by atoms with Gasteiger partial charge >= 0.3 is 0 Å². The molecule has 0 saturated heterocycles. The van der Waals surface area contributed by atoms with Crippen molar-refractivity contribution in [1.29, 1.82) is 0 Å². The summed E-state index contributed by atoms with van der Waals surface area (Å²) in [7, 11) is 0. The molecule has 5 nitrogen and oxygen atoms in total. The number of rotatable bonds is 10. The highest BCUT2D eigenvalue weighted by molar-refractivity contribution is 7.98. The Kier molecular flexibility index (Phi) is 8.02. The first-order chi connectivity index (χ1) is 17.0. The molecule has 8 heteroatoms. The van der Waals surface area contributed by atoms with Gasteiger partial charge in [0, 0.05) is 11.1 Å². The molecule has 0 bridgehead atoms. The molecule has 0 aliphatic rings. The average molecular weight is 496 g/mol. The number of halogens is 2. The molecule has 0 aliphatic carbocycles. The van der Waals surface area contributed by atoms with Crippen molar-refractivity contribution in [2.45, 2.75) is 31.7 Å². The zero-order chi connectivity index (χ0) is 24.8. The minimum atomic E-state index is -1.08. The summed E-state index contributed by atoms with van der Waals surface area (Å²) >= 11 is 1.84. The van der Waals surface area contributed by atoms with Crippen molar-refractivity contribution in [2.24, 2.45) is 0 Å². The van der Waals surface area contributed by atoms with Gasteiger partial charge in [-0.15, -0.1) is 0 Å². The molecule has 1 N–H and O–H groups in total. The van der Waals surface area contributed by atoms with Crippen molar-refractivity contribution in [3.63, 3.8) is 0 Å². The molecule has 0 aliphatic heterocycles. The molecule has 0 radical (unpaired) electrons. The largest absolute Gasteiger partial charge is 0.484 e. The second-order valence-corrected chi connectivity index (χ2v) is 9.43. The molecular weight excluding hydrogens is 468 g/mol. The molecule has 0 saturated carbocycles. The van der Waals surface area contributed by atoms with Gasteiger partial charge in [-0.05, 0) is 66.3 Å². The zero-order valence-corrected chi connectivity index (χ0v) is 20.4. The molecule has 182 valence electrons. The van der Waals surface area contributed by atoms with Gasteiger partial charge in [-0.2, -0.15) is 16.9 Å². The van der Waals surface area contributed by atoms with Crippen molar-refractivity contribution in [3.05, 3.63) is 89.9 Å². The molecular formula is C27H27F2N3O2S. The summed E-state index contributed by atoms with van der Waals surface area (Å²) in [6, 6.07) is 19.3. The van der Waals surface area contributed by atoms with Crippen LogP contribution < -0.4 is 10.1 Å². The van der Waals surface area contributed by atoms with Crippen LogP contribution >= 0.6 is 11.8 Å². The Labute approximate surface area is 207 Å². The molecule has 0 spiro atoms. The molecule has 2 atom stereocenters. The van der Waals surface area contributed by atoms with Crippen molar-refractivity contribution in [2.75, 3.05) is 12.4 Å². The molecule has 1 aromatic heterocycles. The number of aromatic nitrogens is 2. The van der Waals surface area contributed by atoms with Crippen LogP contribution in [0.1, 0.15) is 31.1 Å². The monoisotopic (exact) mass is 495 g/mol. The van der Waals surface area contributed by atoms with E-state index in [0.29, 0.717) is 5.75 Å². The molecule has 4 aromatic rings. The van der Waals surface area contributed by atoms with Crippen molar-refractivity contribution in [3.8, 4) is 11.4 Å². The number of carbonyl (C=O) groups is 1. The lowest BCUT2D eigenvalue weighted by Crippen LogP contribution is -2.39. The summed E-state index contributed by atoms with van der Waals surface area (Å²) in [6.07, 6.45) is 1.19. The molecule has 1 amide bonds. The van der Waals surface area contributed by atoms with Gasteiger partial charge < -0.3 is 10.1 Å². The van der Waals surface area contributed by atoms with E-state index in [1.807, 2.05) is 54.2 Å². The van der Waals surface area contributed by atoms with Crippen molar-refractivity contribution >= 4 is 28.6 Å². The standard InChI is InChI=1S/C27H27F2N3O2S/c1-3-35-17-19-4-6-20(7-5-19)27(18(2)31-26(33)15-28)34-24-12-13-25-21(14-24)16-30-32(25)23-10-8-22(29)9-11-23/h4-14,16,18,27H,3,15,17H2,1-2H3,(H,31,33)/t18-,27-/m0/s1. The Balaban J connectivity index is 1.60. The van der Waals surface area contributed by atoms with Gasteiger partial charge in [0.05, 0.1) is 23.4 Å². The maximum absolute atomic E-state index is 13.3. The van der Waals surface area contributed by atoms with E-state index < -0.39 is 24.7 Å². The number of amides is 1. The molecule has 0 unspecified atom stereocenters.